The molecule has 0 amide bonds. The van der Waals surface area contributed by atoms with Gasteiger partial charge in [-0.15, -0.1) is 0 Å². The van der Waals surface area contributed by atoms with Crippen molar-refractivity contribution in [1.29, 1.82) is 5.26 Å². The van der Waals surface area contributed by atoms with Crippen LogP contribution in [0.15, 0.2) is 36.4 Å². The molecule has 0 saturated heterocycles. The zero-order chi connectivity index (χ0) is 14.7. The molecule has 2 aromatic rings. The molecule has 1 atom stereocenters. The fraction of sp³-hybridized carbons (Fsp3) is 0.0714. The standard InChI is InChI=1S/C14H9ClFIN2O/c15-11-6-9(2-3-12(11)16)19-13(7-18)10-5-8(17)1-4-14(10)20/h1-6,13,19-20H. The number of rotatable bonds is 3. The molecule has 0 spiro atoms. The molecule has 0 aromatic heterocycles. The smallest absolute Gasteiger partial charge is 0.143 e. The third kappa shape index (κ3) is 3.32. The first-order chi connectivity index (χ1) is 9.51. The van der Waals surface area contributed by atoms with Gasteiger partial charge < -0.3 is 10.4 Å². The second-order valence-corrected chi connectivity index (χ2v) is 5.69. The van der Waals surface area contributed by atoms with Crippen LogP contribution in [0.2, 0.25) is 5.02 Å². The molecule has 2 aromatic carbocycles. The molecule has 0 aliphatic carbocycles. The van der Waals surface area contributed by atoms with Gasteiger partial charge in [-0.3, -0.25) is 0 Å². The van der Waals surface area contributed by atoms with Gasteiger partial charge in [0.1, 0.15) is 17.6 Å². The Balaban J connectivity index is 2.31. The number of benzene rings is 2. The van der Waals surface area contributed by atoms with Gasteiger partial charge in [0.2, 0.25) is 0 Å². The maximum atomic E-state index is 13.1. The van der Waals surface area contributed by atoms with Crippen molar-refractivity contribution in [3.8, 4) is 11.8 Å². The highest BCUT2D eigenvalue weighted by atomic mass is 127. The van der Waals surface area contributed by atoms with Crippen LogP contribution in [0.1, 0.15) is 11.6 Å². The van der Waals surface area contributed by atoms with Gasteiger partial charge in [0.15, 0.2) is 0 Å². The van der Waals surface area contributed by atoms with Crippen LogP contribution in [0.3, 0.4) is 0 Å². The molecule has 0 radical (unpaired) electrons. The van der Waals surface area contributed by atoms with Crippen LogP contribution in [0.4, 0.5) is 10.1 Å². The largest absolute Gasteiger partial charge is 0.508 e. The quantitative estimate of drug-likeness (QED) is 0.745. The number of hydrogen-bond acceptors (Lipinski definition) is 3. The molecule has 0 fully saturated rings. The minimum Gasteiger partial charge on any atom is -0.508 e. The van der Waals surface area contributed by atoms with Crippen LogP contribution >= 0.6 is 34.2 Å². The minimum absolute atomic E-state index is 0.0256. The third-order valence-electron chi connectivity index (χ3n) is 2.66. The van der Waals surface area contributed by atoms with Crippen molar-refractivity contribution in [3.63, 3.8) is 0 Å². The molecule has 0 saturated carbocycles. The number of nitrogens with zero attached hydrogens (tertiary/aromatic N) is 1. The fourth-order valence-electron chi connectivity index (χ4n) is 1.69. The summed E-state index contributed by atoms with van der Waals surface area (Å²) >= 11 is 7.79. The van der Waals surface area contributed by atoms with Gasteiger partial charge in [-0.25, -0.2) is 4.39 Å². The summed E-state index contributed by atoms with van der Waals surface area (Å²) in [5, 5.41) is 22.0. The van der Waals surface area contributed by atoms with E-state index in [1.165, 1.54) is 24.3 Å². The van der Waals surface area contributed by atoms with Gasteiger partial charge in [0.05, 0.1) is 11.1 Å². The number of phenols is 1. The van der Waals surface area contributed by atoms with E-state index in [1.54, 1.807) is 12.1 Å². The summed E-state index contributed by atoms with van der Waals surface area (Å²) in [5.41, 5.74) is 0.959. The average molecular weight is 403 g/mol. The van der Waals surface area contributed by atoms with E-state index in [4.69, 9.17) is 11.6 Å². The highest BCUT2D eigenvalue weighted by Crippen LogP contribution is 2.29. The third-order valence-corrected chi connectivity index (χ3v) is 3.62. The fourth-order valence-corrected chi connectivity index (χ4v) is 2.38. The van der Waals surface area contributed by atoms with Gasteiger partial charge in [-0.2, -0.15) is 5.26 Å². The van der Waals surface area contributed by atoms with Gasteiger partial charge in [0.25, 0.3) is 0 Å². The Morgan fingerprint density at radius 2 is 2.05 bits per heavy atom. The van der Waals surface area contributed by atoms with E-state index in [9.17, 15) is 14.8 Å². The Bertz CT molecular complexity index is 687. The highest BCUT2D eigenvalue weighted by Gasteiger charge is 2.15. The summed E-state index contributed by atoms with van der Waals surface area (Å²) in [7, 11) is 0. The molecular weight excluding hydrogens is 394 g/mol. The number of aromatic hydroxyl groups is 1. The zero-order valence-corrected chi connectivity index (χ0v) is 13.0. The van der Waals surface area contributed by atoms with Crippen molar-refractivity contribution in [3.05, 3.63) is 56.4 Å². The Morgan fingerprint density at radius 1 is 1.30 bits per heavy atom. The Morgan fingerprint density at radius 3 is 2.70 bits per heavy atom. The maximum absolute atomic E-state index is 13.1. The number of nitriles is 1. The van der Waals surface area contributed by atoms with Crippen LogP contribution < -0.4 is 5.32 Å². The number of nitrogens with one attached hydrogen (secondary N) is 1. The van der Waals surface area contributed by atoms with Crippen LogP contribution in [0.25, 0.3) is 0 Å². The van der Waals surface area contributed by atoms with E-state index in [0.717, 1.165) is 3.57 Å². The summed E-state index contributed by atoms with van der Waals surface area (Å²) in [4.78, 5) is 0. The molecule has 0 heterocycles. The molecule has 102 valence electrons. The maximum Gasteiger partial charge on any atom is 0.143 e. The van der Waals surface area contributed by atoms with Crippen LogP contribution in [-0.4, -0.2) is 5.11 Å². The lowest BCUT2D eigenvalue weighted by molar-refractivity contribution is 0.467. The molecule has 1 unspecified atom stereocenters. The van der Waals surface area contributed by atoms with Crippen molar-refractivity contribution in [2.75, 3.05) is 5.32 Å². The van der Waals surface area contributed by atoms with Gasteiger partial charge >= 0.3 is 0 Å². The predicted molar refractivity (Wildman–Crippen MR) is 84.2 cm³/mol. The van der Waals surface area contributed by atoms with Crippen molar-refractivity contribution in [2.45, 2.75) is 6.04 Å². The molecule has 2 rings (SSSR count). The van der Waals surface area contributed by atoms with E-state index < -0.39 is 11.9 Å². The molecule has 0 bridgehead atoms. The lowest BCUT2D eigenvalue weighted by Gasteiger charge is -2.15. The number of anilines is 1. The first kappa shape index (κ1) is 14.9. The summed E-state index contributed by atoms with van der Waals surface area (Å²) in [6.45, 7) is 0. The van der Waals surface area contributed by atoms with Gasteiger partial charge in [-0.1, -0.05) is 11.6 Å². The second kappa shape index (κ2) is 6.29. The Hall–Kier alpha value is -1.52. The summed E-state index contributed by atoms with van der Waals surface area (Å²) in [6, 6.07) is 10.4. The number of phenolic OH excluding ortho intramolecular Hbond substituents is 1. The SMILES string of the molecule is N#CC(Nc1ccc(F)c(Cl)c1)c1cc(I)ccc1O. The lowest BCUT2D eigenvalue weighted by Crippen LogP contribution is -2.09. The summed E-state index contributed by atoms with van der Waals surface area (Å²) < 4.78 is 14.0. The Labute approximate surface area is 134 Å². The summed E-state index contributed by atoms with van der Waals surface area (Å²) in [5.74, 6) is -0.500. The van der Waals surface area contributed by atoms with Gasteiger partial charge in [-0.05, 0) is 59.0 Å². The van der Waals surface area contributed by atoms with Crippen LogP contribution in [0, 0.1) is 20.7 Å². The minimum atomic E-state index is -0.758. The van der Waals surface area contributed by atoms with Crippen LogP contribution in [0.5, 0.6) is 5.75 Å². The van der Waals surface area contributed by atoms with Crippen LogP contribution in [-0.2, 0) is 0 Å². The van der Waals surface area contributed by atoms with E-state index >= 15 is 0 Å². The molecule has 2 N–H and O–H groups in total. The average Bonchev–Trinajstić information content (AvgIpc) is 2.43. The lowest BCUT2D eigenvalue weighted by atomic mass is 10.1. The van der Waals surface area contributed by atoms with Crippen molar-refractivity contribution in [1.82, 2.24) is 0 Å². The van der Waals surface area contributed by atoms with Crippen molar-refractivity contribution in [2.24, 2.45) is 0 Å². The Kier molecular flexibility index (Phi) is 4.68. The van der Waals surface area contributed by atoms with Crippen molar-refractivity contribution < 1.29 is 9.50 Å². The molecule has 0 aliphatic heterocycles. The van der Waals surface area contributed by atoms with E-state index in [0.29, 0.717) is 11.3 Å². The molecule has 6 heteroatoms. The van der Waals surface area contributed by atoms with E-state index in [-0.39, 0.29) is 10.8 Å². The predicted octanol–water partition coefficient (Wildman–Crippen LogP) is 4.47. The number of hydrogen-bond donors (Lipinski definition) is 2. The van der Waals surface area contributed by atoms with E-state index in [1.807, 2.05) is 0 Å². The normalized spacial score (nSPS) is 11.7. The highest BCUT2D eigenvalue weighted by molar-refractivity contribution is 14.1. The molecular formula is C14H9ClFIN2O. The molecule has 0 aliphatic rings. The molecule has 20 heavy (non-hydrogen) atoms. The monoisotopic (exact) mass is 402 g/mol. The first-order valence-electron chi connectivity index (χ1n) is 5.61. The van der Waals surface area contributed by atoms with E-state index in [2.05, 4.69) is 34.0 Å². The van der Waals surface area contributed by atoms with Crippen molar-refractivity contribution >= 4 is 39.9 Å². The summed E-state index contributed by atoms with van der Waals surface area (Å²) in [6.07, 6.45) is 0. The second-order valence-electron chi connectivity index (χ2n) is 4.04. The van der Waals surface area contributed by atoms with Gasteiger partial charge in [0, 0.05) is 14.8 Å². The zero-order valence-electron chi connectivity index (χ0n) is 10.1. The number of halogens is 3. The first-order valence-corrected chi connectivity index (χ1v) is 7.06. The molecule has 3 nitrogen and oxygen atoms in total. The topological polar surface area (TPSA) is 56.0 Å².